The maximum absolute atomic E-state index is 14.1. The molecule has 158 valence electrons. The van der Waals surface area contributed by atoms with E-state index in [1.165, 1.54) is 6.20 Å². The lowest BCUT2D eigenvalue weighted by atomic mass is 10.1. The number of aryl methyl sites for hydroxylation is 1. The zero-order valence-electron chi connectivity index (χ0n) is 17.7. The van der Waals surface area contributed by atoms with Gasteiger partial charge in [0, 0.05) is 11.8 Å². The minimum atomic E-state index is -0.921. The summed E-state index contributed by atoms with van der Waals surface area (Å²) in [7, 11) is 0. The van der Waals surface area contributed by atoms with Crippen molar-refractivity contribution in [3.8, 4) is 24.0 Å². The van der Waals surface area contributed by atoms with Crippen molar-refractivity contribution in [3.63, 3.8) is 0 Å². The molecule has 3 aromatic rings. The van der Waals surface area contributed by atoms with Gasteiger partial charge in [0.15, 0.2) is 0 Å². The van der Waals surface area contributed by atoms with Crippen LogP contribution in [0.3, 0.4) is 0 Å². The first-order chi connectivity index (χ1) is 14.5. The number of primary amides is 1. The minimum absolute atomic E-state index is 0.283. The van der Waals surface area contributed by atoms with Gasteiger partial charge in [-0.05, 0) is 37.8 Å². The number of terminal acetylenes is 1. The number of carbonyl (C=O) groups is 1. The maximum Gasteiger partial charge on any atom is 0.252 e. The molecule has 0 radical (unpaired) electrons. The van der Waals surface area contributed by atoms with Crippen LogP contribution in [0.1, 0.15) is 49.0 Å². The second-order valence-electron chi connectivity index (χ2n) is 6.92. The number of halogens is 1. The molecule has 30 heavy (non-hydrogen) atoms. The Kier molecular flexibility index (Phi) is 7.99. The lowest BCUT2D eigenvalue weighted by molar-refractivity contribution is 0.100. The van der Waals surface area contributed by atoms with Crippen molar-refractivity contribution in [2.24, 2.45) is 5.73 Å². The number of nitrogens with zero attached hydrogens (tertiary/aromatic N) is 2. The number of benzene rings is 1. The normalized spacial score (nSPS) is 17.4. The number of amides is 1. The van der Waals surface area contributed by atoms with Gasteiger partial charge < -0.3 is 11.1 Å². The number of rotatable bonds is 4. The van der Waals surface area contributed by atoms with Crippen molar-refractivity contribution >= 4 is 17.1 Å². The zero-order chi connectivity index (χ0) is 22.3. The van der Waals surface area contributed by atoms with Crippen LogP contribution in [0.5, 0.6) is 0 Å². The Labute approximate surface area is 177 Å². The summed E-state index contributed by atoms with van der Waals surface area (Å²) in [5.41, 5.74) is 10.3. The smallest absolute Gasteiger partial charge is 0.252 e. The molecule has 1 aliphatic rings. The molecule has 1 aliphatic carbocycles. The van der Waals surface area contributed by atoms with Crippen molar-refractivity contribution in [2.75, 3.05) is 5.32 Å². The summed E-state index contributed by atoms with van der Waals surface area (Å²) in [5.74, 6) is -0.575. The first-order valence-electron chi connectivity index (χ1n) is 10.1. The van der Waals surface area contributed by atoms with Crippen molar-refractivity contribution in [3.05, 3.63) is 53.9 Å². The maximum atomic E-state index is 14.1. The molecule has 3 N–H and O–H groups in total. The molecule has 0 spiro atoms. The number of alkyl halides is 1. The average molecular weight is 409 g/mol. The molecule has 1 saturated carbocycles. The molecular formula is C24H29FN4O. The molecule has 1 aromatic carbocycles. The van der Waals surface area contributed by atoms with E-state index in [-0.39, 0.29) is 11.6 Å². The highest BCUT2D eigenvalue weighted by Crippen LogP contribution is 2.32. The van der Waals surface area contributed by atoms with Gasteiger partial charge in [-0.15, -0.1) is 12.8 Å². The van der Waals surface area contributed by atoms with E-state index in [0.717, 1.165) is 35.0 Å². The van der Waals surface area contributed by atoms with E-state index in [9.17, 15) is 9.18 Å². The molecule has 2 aromatic heterocycles. The molecule has 6 heteroatoms. The fourth-order valence-corrected chi connectivity index (χ4v) is 3.64. The van der Waals surface area contributed by atoms with Crippen LogP contribution in [0.4, 0.5) is 10.1 Å². The van der Waals surface area contributed by atoms with Gasteiger partial charge in [-0.25, -0.2) is 8.91 Å². The lowest BCUT2D eigenvalue weighted by Gasteiger charge is -2.19. The van der Waals surface area contributed by atoms with Gasteiger partial charge in [-0.2, -0.15) is 5.10 Å². The summed E-state index contributed by atoms with van der Waals surface area (Å²) in [6, 6.07) is 9.80. The van der Waals surface area contributed by atoms with Gasteiger partial charge in [0.05, 0.1) is 29.0 Å². The van der Waals surface area contributed by atoms with Crippen LogP contribution in [0, 0.1) is 19.8 Å². The molecule has 0 bridgehead atoms. The summed E-state index contributed by atoms with van der Waals surface area (Å²) in [4.78, 5) is 11.9. The third kappa shape index (κ3) is 4.80. The van der Waals surface area contributed by atoms with Crippen LogP contribution in [0.15, 0.2) is 42.7 Å². The molecule has 2 heterocycles. The molecular weight excluding hydrogens is 379 g/mol. The highest BCUT2D eigenvalue weighted by atomic mass is 19.1. The molecule has 1 amide bonds. The van der Waals surface area contributed by atoms with Gasteiger partial charge in [0.2, 0.25) is 0 Å². The van der Waals surface area contributed by atoms with E-state index < -0.39 is 12.1 Å². The number of aromatic nitrogens is 2. The van der Waals surface area contributed by atoms with Gasteiger partial charge in [-0.1, -0.05) is 43.7 Å². The van der Waals surface area contributed by atoms with E-state index in [4.69, 9.17) is 5.73 Å². The highest BCUT2D eigenvalue weighted by molar-refractivity contribution is 6.02. The van der Waals surface area contributed by atoms with E-state index in [0.29, 0.717) is 12.1 Å². The molecule has 0 unspecified atom stereocenters. The number of hydrogen-bond donors (Lipinski definition) is 2. The zero-order valence-corrected chi connectivity index (χ0v) is 17.7. The summed E-state index contributed by atoms with van der Waals surface area (Å²) in [6.07, 6.45) is 12.5. The monoisotopic (exact) mass is 408 g/mol. The average Bonchev–Trinajstić information content (AvgIpc) is 3.37. The number of hydrogen-bond acceptors (Lipinski definition) is 3. The van der Waals surface area contributed by atoms with E-state index in [1.807, 2.05) is 51.2 Å². The Morgan fingerprint density at radius 1 is 1.23 bits per heavy atom. The third-order valence-electron chi connectivity index (χ3n) is 5.02. The standard InChI is InChI=1S/C20H21FN4O.C2H6.C2H2/c1-12-4-2-5-13(8-12)14-9-18-19(24-17-7-3-6-16(17)21)15(20(22)26)10-23-25(18)11-14;2*1-2/h2,4-5,8-11,16-17,24H,3,6-7H2,1H3,(H2,22,26);1-2H3;1-2H/t16-,17+;;/m0../s1. The summed E-state index contributed by atoms with van der Waals surface area (Å²) >= 11 is 0. The van der Waals surface area contributed by atoms with Gasteiger partial charge in [0.1, 0.15) is 6.17 Å². The lowest BCUT2D eigenvalue weighted by Crippen LogP contribution is -2.27. The van der Waals surface area contributed by atoms with E-state index in [1.54, 1.807) is 4.52 Å². The van der Waals surface area contributed by atoms with E-state index >= 15 is 0 Å². The molecule has 1 fully saturated rings. The Balaban J connectivity index is 0.000000757. The Morgan fingerprint density at radius 3 is 2.57 bits per heavy atom. The van der Waals surface area contributed by atoms with Gasteiger partial charge in [0.25, 0.3) is 5.91 Å². The van der Waals surface area contributed by atoms with Crippen LogP contribution in [0.2, 0.25) is 0 Å². The quantitative estimate of drug-likeness (QED) is 0.598. The predicted molar refractivity (Wildman–Crippen MR) is 121 cm³/mol. The largest absolute Gasteiger partial charge is 0.377 e. The first-order valence-corrected chi connectivity index (χ1v) is 10.1. The minimum Gasteiger partial charge on any atom is -0.377 e. The second-order valence-corrected chi connectivity index (χ2v) is 6.92. The van der Waals surface area contributed by atoms with Crippen LogP contribution >= 0.6 is 0 Å². The topological polar surface area (TPSA) is 72.4 Å². The molecule has 5 nitrogen and oxygen atoms in total. The fraction of sp³-hybridized carbons (Fsp3) is 0.333. The van der Waals surface area contributed by atoms with Crippen LogP contribution in [0.25, 0.3) is 16.6 Å². The Bertz CT molecular complexity index is 1020. The van der Waals surface area contributed by atoms with Gasteiger partial charge >= 0.3 is 0 Å². The SMILES string of the molecule is C#C.CC.Cc1cccc(-c2cc3c(N[C@@H]4CCC[C@@H]4F)c(C(N)=O)cnn3c2)c1. The Hall–Kier alpha value is -3.33. The van der Waals surface area contributed by atoms with Crippen LogP contribution < -0.4 is 11.1 Å². The first kappa shape index (κ1) is 23.0. The van der Waals surface area contributed by atoms with Crippen molar-refractivity contribution in [1.82, 2.24) is 9.61 Å². The predicted octanol–water partition coefficient (Wildman–Crippen LogP) is 4.99. The molecule has 0 saturated heterocycles. The fourth-order valence-electron chi connectivity index (χ4n) is 3.64. The van der Waals surface area contributed by atoms with Crippen LogP contribution in [-0.4, -0.2) is 27.7 Å². The van der Waals surface area contributed by atoms with Crippen molar-refractivity contribution in [2.45, 2.75) is 52.2 Å². The summed E-state index contributed by atoms with van der Waals surface area (Å²) in [6.45, 7) is 6.04. The van der Waals surface area contributed by atoms with Gasteiger partial charge in [-0.3, -0.25) is 4.79 Å². The number of fused-ring (bicyclic) bond motifs is 1. The van der Waals surface area contributed by atoms with Crippen molar-refractivity contribution in [1.29, 1.82) is 0 Å². The number of anilines is 1. The van der Waals surface area contributed by atoms with E-state index in [2.05, 4.69) is 29.3 Å². The van der Waals surface area contributed by atoms with Crippen molar-refractivity contribution < 1.29 is 9.18 Å². The molecule has 0 aliphatic heterocycles. The second kappa shape index (κ2) is 10.4. The number of nitrogens with two attached hydrogens (primary N) is 1. The third-order valence-corrected chi connectivity index (χ3v) is 5.02. The molecule has 2 atom stereocenters. The van der Waals surface area contributed by atoms with Crippen LogP contribution in [-0.2, 0) is 0 Å². The Morgan fingerprint density at radius 2 is 1.97 bits per heavy atom. The summed E-state index contributed by atoms with van der Waals surface area (Å²) in [5, 5.41) is 7.53. The number of nitrogens with one attached hydrogen (secondary N) is 1. The molecule has 4 rings (SSSR count). The highest BCUT2D eigenvalue weighted by Gasteiger charge is 2.28. The number of carbonyl (C=O) groups excluding carboxylic acids is 1. The summed E-state index contributed by atoms with van der Waals surface area (Å²) < 4.78 is 15.8.